The average Bonchev–Trinajstić information content (AvgIpc) is 3.47. The van der Waals surface area contributed by atoms with Crippen LogP contribution in [0, 0.1) is 40.5 Å². The van der Waals surface area contributed by atoms with Crippen molar-refractivity contribution in [1.82, 2.24) is 20.7 Å². The molecule has 4 rings (SSSR count). The zero-order valence-electron chi connectivity index (χ0n) is 16.8. The molecule has 4 aromatic rings. The van der Waals surface area contributed by atoms with Gasteiger partial charge in [0.25, 0.3) is 34.1 Å². The third kappa shape index (κ3) is 5.57. The number of hydrogen-bond acceptors (Lipinski definition) is 16. The average molecular weight is 506 g/mol. The predicted octanol–water partition coefficient (Wildman–Crippen LogP) is -1.53. The molecule has 0 N–H and O–H groups in total. The van der Waals surface area contributed by atoms with Gasteiger partial charge in [0.2, 0.25) is 12.2 Å². The van der Waals surface area contributed by atoms with Crippen LogP contribution in [-0.2, 0) is 0 Å². The first kappa shape index (κ1) is 24.4. The fourth-order valence-electron chi connectivity index (χ4n) is 2.40. The Morgan fingerprint density at radius 1 is 0.556 bits per heavy atom. The lowest BCUT2D eigenvalue weighted by Gasteiger charge is -1.92. The highest BCUT2D eigenvalue weighted by atomic mass is 16.6. The second kappa shape index (κ2) is 9.73. The Hall–Kier alpha value is -6.22. The van der Waals surface area contributed by atoms with Crippen molar-refractivity contribution < 1.29 is 48.5 Å². The molecule has 0 fully saturated rings. The van der Waals surface area contributed by atoms with Gasteiger partial charge in [0.15, 0.2) is 0 Å². The molecule has 0 bridgehead atoms. The number of nitrogens with zero attached hydrogens (tertiary/aromatic N) is 10. The quantitative estimate of drug-likeness (QED) is 0.163. The zero-order valence-corrected chi connectivity index (χ0v) is 16.8. The van der Waals surface area contributed by atoms with Crippen molar-refractivity contribution in [2.24, 2.45) is 0 Å². The van der Waals surface area contributed by atoms with E-state index in [1.165, 1.54) is 0 Å². The van der Waals surface area contributed by atoms with Crippen molar-refractivity contribution >= 4 is 22.7 Å². The smallest absolute Gasteiger partial charge is 0.283 e. The highest BCUT2D eigenvalue weighted by molar-refractivity contribution is 5.50. The van der Waals surface area contributed by atoms with Crippen LogP contribution in [0.25, 0.3) is 11.4 Å². The second-order valence-electron chi connectivity index (χ2n) is 6.10. The van der Waals surface area contributed by atoms with E-state index >= 15 is 0 Å². The van der Waals surface area contributed by atoms with Gasteiger partial charge in [-0.15, -0.1) is 0 Å². The van der Waals surface area contributed by atoms with Crippen molar-refractivity contribution in [1.29, 1.82) is 0 Å². The first-order valence-electron chi connectivity index (χ1n) is 8.70. The van der Waals surface area contributed by atoms with Crippen LogP contribution < -0.4 is 19.8 Å². The lowest BCUT2D eigenvalue weighted by Crippen LogP contribution is -2.36. The Bertz CT molecular complexity index is 1320. The van der Waals surface area contributed by atoms with Crippen LogP contribution in [0.1, 0.15) is 0 Å². The molecule has 0 saturated carbocycles. The van der Waals surface area contributed by atoms with E-state index in [9.17, 15) is 50.7 Å². The molecule has 22 nitrogen and oxygen atoms in total. The summed E-state index contributed by atoms with van der Waals surface area (Å²) >= 11 is 0. The van der Waals surface area contributed by atoms with E-state index in [0.717, 1.165) is 36.4 Å². The second-order valence-corrected chi connectivity index (χ2v) is 6.10. The summed E-state index contributed by atoms with van der Waals surface area (Å²) in [6.45, 7) is 0. The molecule has 0 spiro atoms. The number of aromatic nitrogens is 6. The van der Waals surface area contributed by atoms with E-state index < -0.39 is 54.6 Å². The van der Waals surface area contributed by atoms with Gasteiger partial charge >= 0.3 is 0 Å². The minimum absolute atomic E-state index is 0.123. The molecule has 2 aromatic heterocycles. The molecule has 2 heterocycles. The van der Waals surface area contributed by atoms with E-state index in [4.69, 9.17) is 0 Å². The van der Waals surface area contributed by atoms with Gasteiger partial charge in [0.05, 0.1) is 75.9 Å². The number of hydrogen-bond donors (Lipinski definition) is 0. The molecule has 22 heteroatoms. The summed E-state index contributed by atoms with van der Waals surface area (Å²) in [5.74, 6) is 0. The van der Waals surface area contributed by atoms with Gasteiger partial charge < -0.3 is 19.3 Å². The molecule has 184 valence electrons. The van der Waals surface area contributed by atoms with Crippen LogP contribution in [0.2, 0.25) is 0 Å². The Labute approximate surface area is 193 Å². The zero-order chi connectivity index (χ0) is 26.6. The van der Waals surface area contributed by atoms with E-state index in [-0.39, 0.29) is 11.4 Å². The fraction of sp³-hybridized carbons (Fsp3) is 0. The number of nitro groups is 4. The van der Waals surface area contributed by atoms with Gasteiger partial charge in [-0.1, -0.05) is 0 Å². The molecule has 2 aromatic carbocycles. The molecule has 0 amide bonds. The van der Waals surface area contributed by atoms with Crippen molar-refractivity contribution in [2.75, 3.05) is 0 Å². The summed E-state index contributed by atoms with van der Waals surface area (Å²) in [6, 6.07) is 5.46. The number of rotatable bonds is 6. The Morgan fingerprint density at radius 3 is 1.03 bits per heavy atom. The van der Waals surface area contributed by atoms with Crippen molar-refractivity contribution in [3.8, 4) is 23.5 Å². The van der Waals surface area contributed by atoms with E-state index in [2.05, 4.69) is 29.8 Å². The lowest BCUT2D eigenvalue weighted by atomic mass is 10.2. The minimum atomic E-state index is -1.02. The van der Waals surface area contributed by atoms with Crippen molar-refractivity contribution in [2.45, 2.75) is 0 Å². The van der Waals surface area contributed by atoms with Crippen LogP contribution in [0.3, 0.4) is 0 Å². The molecule has 36 heavy (non-hydrogen) atoms. The Morgan fingerprint density at radius 2 is 0.833 bits per heavy atom. The maximum absolute atomic E-state index is 10.7. The van der Waals surface area contributed by atoms with Gasteiger partial charge in [0, 0.05) is 0 Å². The highest BCUT2D eigenvalue weighted by Crippen LogP contribution is 2.23. The van der Waals surface area contributed by atoms with Gasteiger partial charge in [0.1, 0.15) is 10.5 Å². The molecule has 0 unspecified atom stereocenters. The van der Waals surface area contributed by atoms with Gasteiger partial charge in [-0.25, -0.2) is 0 Å². The van der Waals surface area contributed by atoms with Crippen LogP contribution in [0.15, 0.2) is 45.4 Å². The highest BCUT2D eigenvalue weighted by Gasteiger charge is 2.25. The van der Waals surface area contributed by atoms with Crippen molar-refractivity contribution in [3.63, 3.8) is 0 Å². The predicted molar refractivity (Wildman–Crippen MR) is 97.2 cm³/mol. The van der Waals surface area contributed by atoms with E-state index in [1.54, 1.807) is 0 Å². The van der Waals surface area contributed by atoms with Gasteiger partial charge in [-0.05, 0) is 0 Å². The molecule has 0 saturated heterocycles. The first-order chi connectivity index (χ1) is 16.9. The summed E-state index contributed by atoms with van der Waals surface area (Å²) in [6.07, 6.45) is -2.05. The standard InChI is InChI=1S/2C7H3N5O6/c2*13-7-8-10(9-18-7)4-1-5(11(14)15)3-6(2-4)12(16)17/h2*1-3H. The van der Waals surface area contributed by atoms with Crippen LogP contribution in [0.5, 0.6) is 12.2 Å². The van der Waals surface area contributed by atoms with Gasteiger partial charge in [-0.3, -0.25) is 40.5 Å². The third-order valence-corrected chi connectivity index (χ3v) is 3.83. The van der Waals surface area contributed by atoms with E-state index in [0.29, 0.717) is 9.59 Å². The molecule has 0 atom stereocenters. The number of benzene rings is 2. The van der Waals surface area contributed by atoms with Crippen LogP contribution in [0.4, 0.5) is 22.7 Å². The topological polar surface area (TPSA) is 304 Å². The Balaban J connectivity index is 0.000000201. The molecular formula is C14H6N10O12. The minimum Gasteiger partial charge on any atom is -0.523 e. The maximum atomic E-state index is 10.7. The van der Waals surface area contributed by atoms with Crippen LogP contribution >= 0.6 is 0 Å². The maximum Gasteiger partial charge on any atom is 0.283 e. The van der Waals surface area contributed by atoms with Gasteiger partial charge in [-0.2, -0.15) is 0 Å². The summed E-state index contributed by atoms with van der Waals surface area (Å²) in [7, 11) is 0. The normalized spacial score (nSPS) is 10.2. The molecular weight excluding hydrogens is 500 g/mol. The molecule has 0 aliphatic carbocycles. The summed E-state index contributed by atoms with van der Waals surface area (Å²) in [5.41, 5.74) is -2.34. The lowest BCUT2D eigenvalue weighted by molar-refractivity contribution is -0.726. The largest absolute Gasteiger partial charge is 0.523 e. The van der Waals surface area contributed by atoms with E-state index in [1.807, 2.05) is 0 Å². The molecule has 0 radical (unpaired) electrons. The number of nitro benzene ring substituents is 4. The SMILES string of the molecule is O=[N+]([O-])c1cc([N+](=O)[O-])cc(-[n+]2noc([O-])n2)c1.O=[N+]([O-])c1cc([N+](=O)[O-])cc(-[n+]2noc([O-])n2)c1. The van der Waals surface area contributed by atoms with Crippen LogP contribution in [-0.4, -0.2) is 40.4 Å². The van der Waals surface area contributed by atoms with Crippen molar-refractivity contribution in [3.05, 3.63) is 76.9 Å². The number of non-ortho nitro benzene ring substituents is 4. The molecule has 0 aliphatic heterocycles. The Kier molecular flexibility index (Phi) is 6.60. The summed E-state index contributed by atoms with van der Waals surface area (Å²) in [5, 5.41) is 76.6. The monoisotopic (exact) mass is 506 g/mol. The summed E-state index contributed by atoms with van der Waals surface area (Å²) < 4.78 is 8.25. The fourth-order valence-corrected chi connectivity index (χ4v) is 2.40. The third-order valence-electron chi connectivity index (χ3n) is 3.83. The summed E-state index contributed by atoms with van der Waals surface area (Å²) in [4.78, 5) is 40.5. The molecule has 0 aliphatic rings. The first-order valence-corrected chi connectivity index (χ1v) is 8.70.